The van der Waals surface area contributed by atoms with Gasteiger partial charge in [0.1, 0.15) is 5.75 Å². The van der Waals surface area contributed by atoms with Crippen molar-refractivity contribution in [3.05, 3.63) is 22.2 Å². The van der Waals surface area contributed by atoms with E-state index < -0.39 is 6.36 Å². The summed E-state index contributed by atoms with van der Waals surface area (Å²) < 4.78 is 39.8. The van der Waals surface area contributed by atoms with E-state index in [2.05, 4.69) is 20.7 Å². The molecule has 0 heterocycles. The third-order valence-electron chi connectivity index (χ3n) is 1.64. The highest BCUT2D eigenvalue weighted by molar-refractivity contribution is 9.10. The van der Waals surface area contributed by atoms with E-state index >= 15 is 0 Å². The molecule has 84 valence electrons. The topological polar surface area (TPSA) is 61.3 Å². The minimum Gasteiger partial charge on any atom is -0.406 e. The summed E-state index contributed by atoms with van der Waals surface area (Å²) in [6, 6.07) is 2.30. The molecular weight excluding hydrogens is 277 g/mol. The number of hydrogen-bond acceptors (Lipinski definition) is 3. The van der Waals surface area contributed by atoms with Gasteiger partial charge in [0.2, 0.25) is 0 Å². The SMILES string of the molecule is NCc1cc(OC(F)(F)F)cc(Br)c1N. The zero-order valence-corrected chi connectivity index (χ0v) is 9.02. The lowest BCUT2D eigenvalue weighted by molar-refractivity contribution is -0.274. The van der Waals surface area contributed by atoms with Crippen LogP contribution >= 0.6 is 15.9 Å². The van der Waals surface area contributed by atoms with Crippen molar-refractivity contribution in [1.82, 2.24) is 0 Å². The van der Waals surface area contributed by atoms with E-state index in [1.807, 2.05) is 0 Å². The first-order chi connectivity index (χ1) is 6.83. The molecule has 0 aliphatic heterocycles. The molecule has 7 heteroatoms. The first-order valence-corrected chi connectivity index (χ1v) is 4.66. The highest BCUT2D eigenvalue weighted by Gasteiger charge is 2.31. The Kier molecular flexibility index (Phi) is 3.46. The van der Waals surface area contributed by atoms with Crippen molar-refractivity contribution in [1.29, 1.82) is 0 Å². The molecule has 0 saturated heterocycles. The number of benzene rings is 1. The van der Waals surface area contributed by atoms with Gasteiger partial charge in [-0.15, -0.1) is 13.2 Å². The average Bonchev–Trinajstić information content (AvgIpc) is 2.08. The van der Waals surface area contributed by atoms with Gasteiger partial charge in [0.25, 0.3) is 0 Å². The quantitative estimate of drug-likeness (QED) is 0.820. The van der Waals surface area contributed by atoms with Crippen molar-refractivity contribution in [3.8, 4) is 5.75 Å². The van der Waals surface area contributed by atoms with Gasteiger partial charge in [0.15, 0.2) is 0 Å². The normalized spacial score (nSPS) is 11.5. The molecular formula is C8H8BrF3N2O. The van der Waals surface area contributed by atoms with Crippen molar-refractivity contribution < 1.29 is 17.9 Å². The van der Waals surface area contributed by atoms with Crippen LogP contribution in [0.5, 0.6) is 5.75 Å². The van der Waals surface area contributed by atoms with Gasteiger partial charge in [0, 0.05) is 11.0 Å². The average molecular weight is 285 g/mol. The second kappa shape index (κ2) is 4.28. The highest BCUT2D eigenvalue weighted by Crippen LogP contribution is 2.31. The number of nitrogen functional groups attached to an aromatic ring is 1. The van der Waals surface area contributed by atoms with Crippen LogP contribution in [0.1, 0.15) is 5.56 Å². The monoisotopic (exact) mass is 284 g/mol. The lowest BCUT2D eigenvalue weighted by Gasteiger charge is -2.12. The molecule has 0 radical (unpaired) electrons. The Bertz CT molecular complexity index is 368. The Morgan fingerprint density at radius 3 is 2.40 bits per heavy atom. The van der Waals surface area contributed by atoms with E-state index in [0.29, 0.717) is 15.7 Å². The predicted octanol–water partition coefficient (Wildman–Crippen LogP) is 2.39. The molecule has 0 aromatic heterocycles. The maximum absolute atomic E-state index is 11.9. The van der Waals surface area contributed by atoms with Crippen LogP contribution in [0.15, 0.2) is 16.6 Å². The third-order valence-corrected chi connectivity index (χ3v) is 2.30. The van der Waals surface area contributed by atoms with E-state index in [-0.39, 0.29) is 12.3 Å². The fourth-order valence-corrected chi connectivity index (χ4v) is 1.49. The Balaban J connectivity index is 3.06. The zero-order valence-electron chi connectivity index (χ0n) is 7.44. The fraction of sp³-hybridized carbons (Fsp3) is 0.250. The summed E-state index contributed by atoms with van der Waals surface area (Å²) in [5.41, 5.74) is 11.6. The molecule has 0 bridgehead atoms. The van der Waals surface area contributed by atoms with Crippen LogP contribution in [0.3, 0.4) is 0 Å². The van der Waals surface area contributed by atoms with Crippen LogP contribution < -0.4 is 16.2 Å². The Morgan fingerprint density at radius 1 is 1.33 bits per heavy atom. The van der Waals surface area contributed by atoms with E-state index in [1.54, 1.807) is 0 Å². The number of ether oxygens (including phenoxy) is 1. The molecule has 0 unspecified atom stereocenters. The summed E-state index contributed by atoms with van der Waals surface area (Å²) in [6.45, 7) is 0.0412. The van der Waals surface area contributed by atoms with Gasteiger partial charge in [-0.1, -0.05) is 0 Å². The van der Waals surface area contributed by atoms with Gasteiger partial charge in [-0.3, -0.25) is 0 Å². The van der Waals surface area contributed by atoms with Gasteiger partial charge in [-0.2, -0.15) is 0 Å². The second-order valence-electron chi connectivity index (χ2n) is 2.73. The summed E-state index contributed by atoms with van der Waals surface area (Å²) in [4.78, 5) is 0. The fourth-order valence-electron chi connectivity index (χ4n) is 1.01. The molecule has 0 aliphatic carbocycles. The van der Waals surface area contributed by atoms with Gasteiger partial charge < -0.3 is 16.2 Å². The van der Waals surface area contributed by atoms with Crippen LogP contribution in [-0.2, 0) is 6.54 Å². The largest absolute Gasteiger partial charge is 0.573 e. The summed E-state index contributed by atoms with van der Waals surface area (Å²) in [7, 11) is 0. The lowest BCUT2D eigenvalue weighted by atomic mass is 10.2. The zero-order chi connectivity index (χ0) is 11.6. The molecule has 0 fully saturated rings. The standard InChI is InChI=1S/C8H8BrF3N2O/c9-6-2-5(15-8(10,11)12)1-4(3-13)7(6)14/h1-2H,3,13-14H2. The lowest BCUT2D eigenvalue weighted by Crippen LogP contribution is -2.17. The Morgan fingerprint density at radius 2 is 1.93 bits per heavy atom. The Hall–Kier alpha value is -0.950. The van der Waals surface area contributed by atoms with E-state index in [0.717, 1.165) is 12.1 Å². The highest BCUT2D eigenvalue weighted by atomic mass is 79.9. The number of hydrogen-bond donors (Lipinski definition) is 2. The van der Waals surface area contributed by atoms with Crippen LogP contribution in [0.4, 0.5) is 18.9 Å². The maximum atomic E-state index is 11.9. The summed E-state index contributed by atoms with van der Waals surface area (Å²) in [5.74, 6) is -0.343. The van der Waals surface area contributed by atoms with Gasteiger partial charge >= 0.3 is 6.36 Å². The molecule has 4 N–H and O–H groups in total. The van der Waals surface area contributed by atoms with Crippen LogP contribution in [0, 0.1) is 0 Å². The van der Waals surface area contributed by atoms with Crippen molar-refractivity contribution in [3.63, 3.8) is 0 Å². The number of anilines is 1. The van der Waals surface area contributed by atoms with Gasteiger partial charge in [-0.05, 0) is 33.6 Å². The van der Waals surface area contributed by atoms with Crippen LogP contribution in [0.2, 0.25) is 0 Å². The minimum absolute atomic E-state index is 0.0412. The van der Waals surface area contributed by atoms with Crippen molar-refractivity contribution >= 4 is 21.6 Å². The minimum atomic E-state index is -4.72. The molecule has 0 spiro atoms. The molecule has 0 amide bonds. The van der Waals surface area contributed by atoms with Crippen LogP contribution in [0.25, 0.3) is 0 Å². The smallest absolute Gasteiger partial charge is 0.406 e. The van der Waals surface area contributed by atoms with Crippen molar-refractivity contribution in [2.75, 3.05) is 5.73 Å². The first-order valence-electron chi connectivity index (χ1n) is 3.87. The molecule has 3 nitrogen and oxygen atoms in total. The first kappa shape index (κ1) is 12.1. The molecule has 15 heavy (non-hydrogen) atoms. The summed E-state index contributed by atoms with van der Waals surface area (Å²) in [6.07, 6.45) is -4.72. The Labute approximate surface area is 92.3 Å². The molecule has 1 aromatic rings. The second-order valence-corrected chi connectivity index (χ2v) is 3.58. The molecule has 0 saturated carbocycles. The number of nitrogens with two attached hydrogens (primary N) is 2. The summed E-state index contributed by atoms with van der Waals surface area (Å²) >= 11 is 3.02. The molecule has 0 aliphatic rings. The summed E-state index contributed by atoms with van der Waals surface area (Å²) in [5, 5.41) is 0. The van der Waals surface area contributed by atoms with E-state index in [9.17, 15) is 13.2 Å². The van der Waals surface area contributed by atoms with Crippen molar-refractivity contribution in [2.24, 2.45) is 5.73 Å². The van der Waals surface area contributed by atoms with Crippen molar-refractivity contribution in [2.45, 2.75) is 12.9 Å². The van der Waals surface area contributed by atoms with Gasteiger partial charge in [-0.25, -0.2) is 0 Å². The van der Waals surface area contributed by atoms with Gasteiger partial charge in [0.05, 0.1) is 5.69 Å². The molecule has 1 rings (SSSR count). The maximum Gasteiger partial charge on any atom is 0.573 e. The number of alkyl halides is 3. The molecule has 0 atom stereocenters. The predicted molar refractivity (Wildman–Crippen MR) is 53.1 cm³/mol. The van der Waals surface area contributed by atoms with E-state index in [4.69, 9.17) is 11.5 Å². The van der Waals surface area contributed by atoms with E-state index in [1.165, 1.54) is 0 Å². The number of halogens is 4. The van der Waals surface area contributed by atoms with Crippen LogP contribution in [-0.4, -0.2) is 6.36 Å². The molecule has 1 aromatic carbocycles. The number of rotatable bonds is 2. The third kappa shape index (κ3) is 3.28.